The molecule has 0 saturated heterocycles. The quantitative estimate of drug-likeness (QED) is 0.473. The molecule has 16 heavy (non-hydrogen) atoms. The molecule has 0 amide bonds. The van der Waals surface area contributed by atoms with E-state index in [1.807, 2.05) is 0 Å². The maximum atomic E-state index is 10.8. The highest BCUT2D eigenvalue weighted by Crippen LogP contribution is 2.23. The molecule has 6 heteroatoms. The third-order valence-corrected chi connectivity index (χ3v) is 2.38. The van der Waals surface area contributed by atoms with Crippen molar-refractivity contribution in [3.8, 4) is 0 Å². The van der Waals surface area contributed by atoms with Gasteiger partial charge in [0.15, 0.2) is 5.05 Å². The van der Waals surface area contributed by atoms with Gasteiger partial charge < -0.3 is 4.74 Å². The Labute approximate surface area is 103 Å². The van der Waals surface area contributed by atoms with Crippen LogP contribution < -0.4 is 0 Å². The fourth-order valence-corrected chi connectivity index (χ4v) is 1.71. The zero-order valence-electron chi connectivity index (χ0n) is 8.60. The van der Waals surface area contributed by atoms with E-state index >= 15 is 0 Å². The van der Waals surface area contributed by atoms with E-state index in [0.717, 1.165) is 0 Å². The van der Waals surface area contributed by atoms with Gasteiger partial charge >= 0.3 is 0 Å². The third kappa shape index (κ3) is 3.43. The number of hydrogen-bond donors (Lipinski definition) is 0. The Morgan fingerprint density at radius 3 is 2.88 bits per heavy atom. The van der Waals surface area contributed by atoms with E-state index in [-0.39, 0.29) is 12.1 Å². The molecule has 0 spiro atoms. The molecule has 0 aliphatic heterocycles. The van der Waals surface area contributed by atoms with E-state index in [0.29, 0.717) is 22.2 Å². The Kier molecular flexibility index (Phi) is 4.64. The highest BCUT2D eigenvalue weighted by Gasteiger charge is 2.15. The van der Waals surface area contributed by atoms with Crippen LogP contribution in [0.3, 0.4) is 0 Å². The van der Waals surface area contributed by atoms with Crippen LogP contribution in [-0.2, 0) is 11.2 Å². The first-order chi connectivity index (χ1) is 7.54. The smallest absolute Gasteiger partial charge is 0.273 e. The summed E-state index contributed by atoms with van der Waals surface area (Å²) in [7, 11) is 0. The van der Waals surface area contributed by atoms with Gasteiger partial charge in [0.1, 0.15) is 0 Å². The van der Waals surface area contributed by atoms with Gasteiger partial charge in [0.2, 0.25) is 0 Å². The van der Waals surface area contributed by atoms with Crippen LogP contribution in [0.5, 0.6) is 0 Å². The van der Waals surface area contributed by atoms with E-state index in [9.17, 15) is 10.1 Å². The molecule has 86 valence electrons. The molecule has 0 saturated carbocycles. The summed E-state index contributed by atoms with van der Waals surface area (Å²) in [4.78, 5) is 10.3. The third-order valence-electron chi connectivity index (χ3n) is 1.88. The molecule has 0 fully saturated rings. The van der Waals surface area contributed by atoms with Crippen molar-refractivity contribution in [3.05, 3.63) is 38.9 Å². The van der Waals surface area contributed by atoms with Gasteiger partial charge in [0.05, 0.1) is 11.5 Å². The molecule has 0 unspecified atom stereocenters. The summed E-state index contributed by atoms with van der Waals surface area (Å²) >= 11 is 10.7. The zero-order valence-corrected chi connectivity index (χ0v) is 10.2. The number of halogens is 1. The lowest BCUT2D eigenvalue weighted by Gasteiger charge is -2.05. The van der Waals surface area contributed by atoms with Gasteiger partial charge in [0.25, 0.3) is 5.69 Å². The first kappa shape index (κ1) is 12.9. The molecular formula is C10H10ClNO3S. The second-order valence-corrected chi connectivity index (χ2v) is 3.90. The summed E-state index contributed by atoms with van der Waals surface area (Å²) in [6.45, 7) is 2.26. The highest BCUT2D eigenvalue weighted by atomic mass is 35.5. The van der Waals surface area contributed by atoms with E-state index in [1.165, 1.54) is 18.2 Å². The highest BCUT2D eigenvalue weighted by molar-refractivity contribution is 7.80. The minimum absolute atomic E-state index is 0.00598. The average molecular weight is 260 g/mol. The van der Waals surface area contributed by atoms with Crippen LogP contribution in [0.25, 0.3) is 0 Å². The lowest BCUT2D eigenvalue weighted by Crippen LogP contribution is -2.07. The summed E-state index contributed by atoms with van der Waals surface area (Å²) < 4.78 is 5.09. The van der Waals surface area contributed by atoms with Crippen molar-refractivity contribution in [2.24, 2.45) is 0 Å². The second kappa shape index (κ2) is 5.77. The molecule has 4 nitrogen and oxygen atoms in total. The van der Waals surface area contributed by atoms with Crippen LogP contribution in [0.15, 0.2) is 18.2 Å². The number of ether oxygens (including phenoxy) is 1. The largest absolute Gasteiger partial charge is 0.487 e. The predicted octanol–water partition coefficient (Wildman–Crippen LogP) is 3.15. The van der Waals surface area contributed by atoms with Crippen molar-refractivity contribution in [2.75, 3.05) is 6.61 Å². The number of thiocarbonyl (C=S) groups is 1. The lowest BCUT2D eigenvalue weighted by atomic mass is 10.1. The summed E-state index contributed by atoms with van der Waals surface area (Å²) in [5, 5.41) is 11.5. The first-order valence-corrected chi connectivity index (χ1v) is 5.41. The van der Waals surface area contributed by atoms with Gasteiger partial charge in [-0.2, -0.15) is 0 Å². The molecule has 0 bridgehead atoms. The number of nitro benzene ring substituents is 1. The zero-order chi connectivity index (χ0) is 12.1. The van der Waals surface area contributed by atoms with Crippen LogP contribution in [0.1, 0.15) is 12.5 Å². The fourth-order valence-electron chi connectivity index (χ4n) is 1.24. The van der Waals surface area contributed by atoms with Crippen molar-refractivity contribution in [3.63, 3.8) is 0 Å². The van der Waals surface area contributed by atoms with Crippen molar-refractivity contribution < 1.29 is 9.66 Å². The summed E-state index contributed by atoms with van der Waals surface area (Å²) in [5.41, 5.74) is 0.474. The van der Waals surface area contributed by atoms with E-state index in [4.69, 9.17) is 28.6 Å². The van der Waals surface area contributed by atoms with Crippen molar-refractivity contribution in [1.82, 2.24) is 0 Å². The fraction of sp³-hybridized carbons (Fsp3) is 0.300. The van der Waals surface area contributed by atoms with Crippen molar-refractivity contribution in [2.45, 2.75) is 13.3 Å². The van der Waals surface area contributed by atoms with Gasteiger partial charge in [0, 0.05) is 23.1 Å². The van der Waals surface area contributed by atoms with E-state index in [2.05, 4.69) is 0 Å². The van der Waals surface area contributed by atoms with Gasteiger partial charge in [-0.15, -0.1) is 0 Å². The Balaban J connectivity index is 2.96. The minimum Gasteiger partial charge on any atom is -0.487 e. The summed E-state index contributed by atoms with van der Waals surface area (Å²) in [6.07, 6.45) is 0.222. The Morgan fingerprint density at radius 1 is 1.62 bits per heavy atom. The number of nitro groups is 1. The number of nitrogens with zero attached hydrogens (tertiary/aromatic N) is 1. The normalized spacial score (nSPS) is 9.88. The maximum absolute atomic E-state index is 10.8. The van der Waals surface area contributed by atoms with E-state index < -0.39 is 4.92 Å². The topological polar surface area (TPSA) is 52.4 Å². The Bertz CT molecular complexity index is 423. The molecule has 0 heterocycles. The monoisotopic (exact) mass is 259 g/mol. The van der Waals surface area contributed by atoms with Gasteiger partial charge in [-0.25, -0.2) is 0 Å². The molecule has 1 aromatic carbocycles. The van der Waals surface area contributed by atoms with Crippen LogP contribution in [0.4, 0.5) is 5.69 Å². The molecule has 0 N–H and O–H groups in total. The second-order valence-electron chi connectivity index (χ2n) is 3.01. The molecule has 0 aliphatic rings. The molecule has 0 aromatic heterocycles. The van der Waals surface area contributed by atoms with Gasteiger partial charge in [-0.05, 0) is 31.3 Å². The number of benzene rings is 1. The SMILES string of the molecule is CCOC(=S)Cc1cc(Cl)ccc1[N+](=O)[O-]. The Hall–Kier alpha value is -1.20. The minimum atomic E-state index is -0.458. The van der Waals surface area contributed by atoms with Crippen LogP contribution in [-0.4, -0.2) is 16.6 Å². The van der Waals surface area contributed by atoms with Crippen LogP contribution in [0, 0.1) is 10.1 Å². The first-order valence-electron chi connectivity index (χ1n) is 4.63. The standard InChI is InChI=1S/C10H10ClNO3S/c1-2-15-10(16)6-7-5-8(11)3-4-9(7)12(13)14/h3-5H,2,6H2,1H3. The van der Waals surface area contributed by atoms with Crippen molar-refractivity contribution >= 4 is 34.6 Å². The molecule has 1 rings (SSSR count). The van der Waals surface area contributed by atoms with Crippen LogP contribution >= 0.6 is 23.8 Å². The molecule has 0 aliphatic carbocycles. The van der Waals surface area contributed by atoms with Gasteiger partial charge in [-0.1, -0.05) is 11.6 Å². The maximum Gasteiger partial charge on any atom is 0.273 e. The summed E-state index contributed by atoms with van der Waals surface area (Å²) in [5.74, 6) is 0. The van der Waals surface area contributed by atoms with Gasteiger partial charge in [-0.3, -0.25) is 10.1 Å². The summed E-state index contributed by atoms with van der Waals surface area (Å²) in [6, 6.07) is 4.38. The predicted molar refractivity (Wildman–Crippen MR) is 66.0 cm³/mol. The molecule has 0 atom stereocenters. The number of rotatable bonds is 4. The van der Waals surface area contributed by atoms with Crippen LogP contribution in [0.2, 0.25) is 5.02 Å². The van der Waals surface area contributed by atoms with Crippen molar-refractivity contribution in [1.29, 1.82) is 0 Å². The molecule has 0 radical (unpaired) electrons. The average Bonchev–Trinajstić information content (AvgIpc) is 2.17. The lowest BCUT2D eigenvalue weighted by molar-refractivity contribution is -0.385. The Morgan fingerprint density at radius 2 is 2.31 bits per heavy atom. The molecular weight excluding hydrogens is 250 g/mol. The molecule has 1 aromatic rings. The number of hydrogen-bond acceptors (Lipinski definition) is 4. The van der Waals surface area contributed by atoms with E-state index in [1.54, 1.807) is 6.92 Å².